The van der Waals surface area contributed by atoms with Gasteiger partial charge in [0.1, 0.15) is 11.5 Å². The Labute approximate surface area is 167 Å². The van der Waals surface area contributed by atoms with Gasteiger partial charge in [0.25, 0.3) is 0 Å². The molecule has 11 heteroatoms. The number of aromatic amines is 1. The Morgan fingerprint density at radius 2 is 2.07 bits per heavy atom. The largest absolute Gasteiger partial charge is 0.476 e. The first-order valence-electron chi connectivity index (χ1n) is 8.18. The highest BCUT2D eigenvalue weighted by atomic mass is 35.5. The number of allylic oxidation sites excluding steroid dienone is 1. The van der Waals surface area contributed by atoms with Crippen molar-refractivity contribution in [2.45, 2.75) is 26.4 Å². The first-order chi connectivity index (χ1) is 13.6. The second-order valence-electron chi connectivity index (χ2n) is 5.81. The summed E-state index contributed by atoms with van der Waals surface area (Å²) in [4.78, 5) is 20.5. The van der Waals surface area contributed by atoms with E-state index >= 15 is 0 Å². The maximum Gasteiger partial charge on any atom is 0.417 e. The number of hydrogen-bond donors (Lipinski definition) is 1. The van der Waals surface area contributed by atoms with Crippen molar-refractivity contribution in [2.75, 3.05) is 6.61 Å². The maximum absolute atomic E-state index is 13.4. The fourth-order valence-corrected chi connectivity index (χ4v) is 2.26. The number of aromatic nitrogens is 2. The molecular weight excluding hydrogens is 418 g/mol. The molecule has 1 aromatic carbocycles. The topological polar surface area (TPSA) is 76.6 Å². The Balaban J connectivity index is 1.95. The molecule has 0 bridgehead atoms. The van der Waals surface area contributed by atoms with Crippen LogP contribution in [0.25, 0.3) is 0 Å². The second kappa shape index (κ2) is 9.55. The van der Waals surface area contributed by atoms with Crippen molar-refractivity contribution >= 4 is 17.3 Å². The minimum absolute atomic E-state index is 0.0338. The molecule has 0 amide bonds. The molecule has 0 aliphatic carbocycles. The number of hydrogen-bond acceptors (Lipinski definition) is 5. The van der Waals surface area contributed by atoms with Crippen LogP contribution in [0.15, 0.2) is 46.1 Å². The smallest absolute Gasteiger partial charge is 0.417 e. The lowest BCUT2D eigenvalue weighted by Crippen LogP contribution is -2.14. The third-order valence-corrected chi connectivity index (χ3v) is 3.76. The Morgan fingerprint density at radius 1 is 1.34 bits per heavy atom. The van der Waals surface area contributed by atoms with Crippen LogP contribution in [0.5, 0.6) is 11.6 Å². The van der Waals surface area contributed by atoms with Crippen LogP contribution in [0.2, 0.25) is 5.02 Å². The zero-order valence-corrected chi connectivity index (χ0v) is 16.1. The molecule has 0 aliphatic rings. The molecule has 156 valence electrons. The summed E-state index contributed by atoms with van der Waals surface area (Å²) in [5, 5.41) is -0.424. The summed E-state index contributed by atoms with van der Waals surface area (Å²) in [6.07, 6.45) is -2.22. The first-order valence-corrected chi connectivity index (χ1v) is 8.56. The number of halogens is 5. The molecule has 2 aromatic rings. The number of alkyl halides is 3. The van der Waals surface area contributed by atoms with Crippen LogP contribution >= 0.6 is 11.6 Å². The summed E-state index contributed by atoms with van der Waals surface area (Å²) in [6, 6.07) is 3.21. The SMILES string of the molecule is CC(=CN=C(C)CCOc1[nH]c(=O)ncc1F)Oc1ccc(Cl)c(C(F)(F)F)c1. The van der Waals surface area contributed by atoms with Crippen LogP contribution in [-0.4, -0.2) is 22.3 Å². The lowest BCUT2D eigenvalue weighted by molar-refractivity contribution is -0.137. The Kier molecular flexibility index (Phi) is 7.38. The summed E-state index contributed by atoms with van der Waals surface area (Å²) in [5.41, 5.74) is -1.15. The van der Waals surface area contributed by atoms with E-state index in [2.05, 4.69) is 15.0 Å². The monoisotopic (exact) mass is 433 g/mol. The Hall–Kier alpha value is -2.88. The Bertz CT molecular complexity index is 987. The van der Waals surface area contributed by atoms with Gasteiger partial charge in [0.2, 0.25) is 11.7 Å². The van der Waals surface area contributed by atoms with E-state index in [1.807, 2.05) is 0 Å². The predicted molar refractivity (Wildman–Crippen MR) is 98.9 cm³/mol. The predicted octanol–water partition coefficient (Wildman–Crippen LogP) is 4.75. The maximum atomic E-state index is 13.4. The Morgan fingerprint density at radius 3 is 2.76 bits per heavy atom. The van der Waals surface area contributed by atoms with Gasteiger partial charge in [-0.25, -0.2) is 4.79 Å². The number of H-pyrrole nitrogens is 1. The fraction of sp³-hybridized carbons (Fsp3) is 0.278. The summed E-state index contributed by atoms with van der Waals surface area (Å²) in [6.45, 7) is 3.22. The van der Waals surface area contributed by atoms with E-state index in [1.54, 1.807) is 6.92 Å². The van der Waals surface area contributed by atoms with E-state index in [-0.39, 0.29) is 24.0 Å². The van der Waals surface area contributed by atoms with E-state index in [4.69, 9.17) is 21.1 Å². The molecule has 0 unspecified atom stereocenters. The van der Waals surface area contributed by atoms with Gasteiger partial charge in [-0.2, -0.15) is 22.5 Å². The number of benzene rings is 1. The lowest BCUT2D eigenvalue weighted by Gasteiger charge is -2.11. The van der Waals surface area contributed by atoms with Gasteiger partial charge >= 0.3 is 11.9 Å². The molecule has 1 N–H and O–H groups in total. The first kappa shape index (κ1) is 22.4. The van der Waals surface area contributed by atoms with Crippen molar-refractivity contribution in [3.8, 4) is 11.6 Å². The van der Waals surface area contributed by atoms with Crippen LogP contribution in [0.3, 0.4) is 0 Å². The van der Waals surface area contributed by atoms with Gasteiger partial charge in [0, 0.05) is 12.1 Å². The van der Waals surface area contributed by atoms with Gasteiger partial charge < -0.3 is 9.47 Å². The summed E-state index contributed by atoms with van der Waals surface area (Å²) < 4.78 is 62.5. The van der Waals surface area contributed by atoms with Crippen LogP contribution in [0, 0.1) is 5.82 Å². The van der Waals surface area contributed by atoms with E-state index < -0.39 is 28.3 Å². The van der Waals surface area contributed by atoms with E-state index in [9.17, 15) is 22.4 Å². The van der Waals surface area contributed by atoms with Crippen LogP contribution in [-0.2, 0) is 6.18 Å². The highest BCUT2D eigenvalue weighted by Gasteiger charge is 2.33. The van der Waals surface area contributed by atoms with Crippen LogP contribution in [0.4, 0.5) is 17.6 Å². The standard InChI is InChI=1S/C18H16ClF4N3O3/c1-10(5-6-28-16-15(20)9-25-17(27)26-16)24-8-11(2)29-12-3-4-14(19)13(7-12)18(21,22)23/h3-4,7-9H,5-6H2,1-2H3,(H,25,26,27). The van der Waals surface area contributed by atoms with Crippen LogP contribution < -0.4 is 15.2 Å². The molecule has 1 heterocycles. The van der Waals surface area contributed by atoms with Crippen molar-refractivity contribution in [3.63, 3.8) is 0 Å². The molecule has 0 saturated heterocycles. The van der Waals surface area contributed by atoms with Crippen LogP contribution in [0.1, 0.15) is 25.8 Å². The average Bonchev–Trinajstić information content (AvgIpc) is 2.63. The molecule has 0 aliphatic heterocycles. The summed E-state index contributed by atoms with van der Waals surface area (Å²) in [7, 11) is 0. The van der Waals surface area contributed by atoms with E-state index in [0.717, 1.165) is 18.3 Å². The van der Waals surface area contributed by atoms with Gasteiger partial charge in [-0.05, 0) is 32.0 Å². The molecule has 0 saturated carbocycles. The van der Waals surface area contributed by atoms with Gasteiger partial charge in [0.05, 0.1) is 29.6 Å². The summed E-state index contributed by atoms with van der Waals surface area (Å²) in [5.74, 6) is -0.922. The molecule has 2 rings (SSSR count). The number of nitrogens with zero attached hydrogens (tertiary/aromatic N) is 2. The summed E-state index contributed by atoms with van der Waals surface area (Å²) >= 11 is 5.56. The minimum atomic E-state index is -4.60. The van der Waals surface area contributed by atoms with Gasteiger partial charge in [0.15, 0.2) is 0 Å². The molecular formula is C18H16ClF4N3O3. The quantitative estimate of drug-likeness (QED) is 0.388. The third kappa shape index (κ3) is 6.90. The molecule has 6 nitrogen and oxygen atoms in total. The number of nitrogens with one attached hydrogen (secondary N) is 1. The van der Waals surface area contributed by atoms with Crippen molar-refractivity contribution in [1.29, 1.82) is 0 Å². The number of rotatable bonds is 7. The average molecular weight is 434 g/mol. The number of aliphatic imine (C=N–C) groups is 1. The molecule has 29 heavy (non-hydrogen) atoms. The minimum Gasteiger partial charge on any atom is -0.476 e. The highest BCUT2D eigenvalue weighted by Crippen LogP contribution is 2.37. The van der Waals surface area contributed by atoms with Gasteiger partial charge in [-0.1, -0.05) is 11.6 Å². The van der Waals surface area contributed by atoms with Gasteiger partial charge in [-0.15, -0.1) is 0 Å². The molecule has 0 fully saturated rings. The molecule has 1 aromatic heterocycles. The highest BCUT2D eigenvalue weighted by molar-refractivity contribution is 6.31. The zero-order chi connectivity index (χ0) is 21.6. The number of ether oxygens (including phenoxy) is 2. The molecule has 0 spiro atoms. The van der Waals surface area contributed by atoms with Gasteiger partial charge in [-0.3, -0.25) is 9.98 Å². The molecule has 0 radical (unpaired) electrons. The lowest BCUT2D eigenvalue weighted by atomic mass is 10.2. The van der Waals surface area contributed by atoms with Crippen molar-refractivity contribution in [2.24, 2.45) is 4.99 Å². The van der Waals surface area contributed by atoms with E-state index in [1.165, 1.54) is 19.2 Å². The van der Waals surface area contributed by atoms with Crippen molar-refractivity contribution < 1.29 is 27.0 Å². The van der Waals surface area contributed by atoms with Crippen molar-refractivity contribution in [1.82, 2.24) is 9.97 Å². The second-order valence-corrected chi connectivity index (χ2v) is 6.22. The zero-order valence-electron chi connectivity index (χ0n) is 15.3. The normalized spacial score (nSPS) is 12.8. The fourth-order valence-electron chi connectivity index (χ4n) is 2.03. The van der Waals surface area contributed by atoms with E-state index in [0.29, 0.717) is 12.1 Å². The third-order valence-electron chi connectivity index (χ3n) is 3.43. The molecule has 0 atom stereocenters. The van der Waals surface area contributed by atoms with Crippen molar-refractivity contribution in [3.05, 3.63) is 63.2 Å².